The largest absolute Gasteiger partial charge is 0.504 e. The summed E-state index contributed by atoms with van der Waals surface area (Å²) in [5, 5.41) is 9.52. The lowest BCUT2D eigenvalue weighted by atomic mass is 10.3. The Morgan fingerprint density at radius 2 is 2.18 bits per heavy atom. The molecule has 3 N–H and O–H groups in total. The molecular weight excluding hydrogens is 220 g/mol. The predicted octanol–water partition coefficient (Wildman–Crippen LogP) is 1.56. The van der Waals surface area contributed by atoms with Crippen molar-refractivity contribution < 1.29 is 14.6 Å². The summed E-state index contributed by atoms with van der Waals surface area (Å²) in [4.78, 5) is 12.2. The highest BCUT2D eigenvalue weighted by Crippen LogP contribution is 2.27. The Labute approximate surface area is 98.4 Å². The third-order valence-electron chi connectivity index (χ3n) is 2.28. The van der Waals surface area contributed by atoms with Crippen LogP contribution in [0, 0.1) is 0 Å². The molecule has 5 nitrogen and oxygen atoms in total. The van der Waals surface area contributed by atoms with Gasteiger partial charge in [-0.1, -0.05) is 12.1 Å². The van der Waals surface area contributed by atoms with Gasteiger partial charge in [0.15, 0.2) is 11.5 Å². The van der Waals surface area contributed by atoms with Crippen LogP contribution in [0.1, 0.15) is 0 Å². The molecular formula is C12H12N2O3. The normalized spacial score (nSPS) is 14.4. The average molecular weight is 232 g/mol. The molecule has 0 atom stereocenters. The van der Waals surface area contributed by atoms with Crippen LogP contribution < -0.4 is 10.5 Å². The van der Waals surface area contributed by atoms with Crippen LogP contribution in [0.4, 0.5) is 4.79 Å². The number of phenolic OH excluding ortho intramolecular Hbond substituents is 1. The summed E-state index contributed by atoms with van der Waals surface area (Å²) in [6, 6.07) is 6.15. The van der Waals surface area contributed by atoms with Gasteiger partial charge in [0.1, 0.15) is 5.76 Å². The zero-order chi connectivity index (χ0) is 12.3. The van der Waals surface area contributed by atoms with Crippen LogP contribution in [0.25, 0.3) is 0 Å². The van der Waals surface area contributed by atoms with Gasteiger partial charge in [-0.15, -0.1) is 0 Å². The standard InChI is InChI=1S/C12H12N2O3/c13-12(16)14-7-5-9(6-8-14)17-11-4-2-1-3-10(11)15/h1-7,15H,8H2,(H2,13,16). The summed E-state index contributed by atoms with van der Waals surface area (Å²) in [7, 11) is 0. The van der Waals surface area contributed by atoms with E-state index < -0.39 is 6.03 Å². The smallest absolute Gasteiger partial charge is 0.319 e. The molecule has 0 saturated heterocycles. The van der Waals surface area contributed by atoms with E-state index in [1.807, 2.05) is 0 Å². The number of hydrogen-bond acceptors (Lipinski definition) is 3. The number of para-hydroxylation sites is 2. The first-order valence-electron chi connectivity index (χ1n) is 5.07. The summed E-state index contributed by atoms with van der Waals surface area (Å²) >= 11 is 0. The fourth-order valence-corrected chi connectivity index (χ4v) is 1.39. The highest BCUT2D eigenvalue weighted by atomic mass is 16.5. The third-order valence-corrected chi connectivity index (χ3v) is 2.28. The zero-order valence-electron chi connectivity index (χ0n) is 9.04. The number of amides is 2. The predicted molar refractivity (Wildman–Crippen MR) is 62.2 cm³/mol. The van der Waals surface area contributed by atoms with Gasteiger partial charge in [0, 0.05) is 12.7 Å². The van der Waals surface area contributed by atoms with Gasteiger partial charge in [0.2, 0.25) is 0 Å². The van der Waals surface area contributed by atoms with E-state index in [9.17, 15) is 9.90 Å². The van der Waals surface area contributed by atoms with Crippen LogP contribution in [-0.2, 0) is 0 Å². The van der Waals surface area contributed by atoms with Gasteiger partial charge in [-0.3, -0.25) is 4.90 Å². The first-order valence-corrected chi connectivity index (χ1v) is 5.07. The van der Waals surface area contributed by atoms with Gasteiger partial charge in [-0.2, -0.15) is 0 Å². The van der Waals surface area contributed by atoms with Crippen LogP contribution in [-0.4, -0.2) is 22.6 Å². The molecule has 2 amide bonds. The maximum absolute atomic E-state index is 10.9. The monoisotopic (exact) mass is 232 g/mol. The Hall–Kier alpha value is -2.43. The number of nitrogens with zero attached hydrogens (tertiary/aromatic N) is 1. The molecule has 5 heteroatoms. The van der Waals surface area contributed by atoms with Crippen LogP contribution in [0.5, 0.6) is 11.5 Å². The second-order valence-electron chi connectivity index (χ2n) is 3.48. The highest BCUT2D eigenvalue weighted by Gasteiger charge is 2.11. The van der Waals surface area contributed by atoms with Gasteiger partial charge in [0.25, 0.3) is 0 Å². The number of allylic oxidation sites excluding steroid dienone is 1. The first kappa shape index (κ1) is 11.1. The van der Waals surface area contributed by atoms with E-state index in [0.717, 1.165) is 0 Å². The molecule has 0 bridgehead atoms. The van der Waals surface area contributed by atoms with Gasteiger partial charge in [-0.05, 0) is 24.3 Å². The number of rotatable bonds is 2. The molecule has 0 unspecified atom stereocenters. The molecule has 0 spiro atoms. The van der Waals surface area contributed by atoms with E-state index in [2.05, 4.69) is 0 Å². The quantitative estimate of drug-likeness (QED) is 0.812. The second kappa shape index (κ2) is 4.61. The molecule has 17 heavy (non-hydrogen) atoms. The van der Waals surface area contributed by atoms with Gasteiger partial charge >= 0.3 is 6.03 Å². The molecule has 1 aromatic rings. The Morgan fingerprint density at radius 1 is 1.41 bits per heavy atom. The molecule has 0 aliphatic carbocycles. The van der Waals surface area contributed by atoms with Crippen molar-refractivity contribution in [2.24, 2.45) is 5.73 Å². The Balaban J connectivity index is 2.06. The molecule has 1 aromatic carbocycles. The van der Waals surface area contributed by atoms with Gasteiger partial charge in [-0.25, -0.2) is 4.79 Å². The second-order valence-corrected chi connectivity index (χ2v) is 3.48. The van der Waals surface area contributed by atoms with Crippen LogP contribution >= 0.6 is 0 Å². The zero-order valence-corrected chi connectivity index (χ0v) is 9.04. The minimum atomic E-state index is -0.515. The first-order chi connectivity index (χ1) is 8.16. The number of nitrogens with two attached hydrogens (primary N) is 1. The van der Waals surface area contributed by atoms with Crippen molar-refractivity contribution in [2.75, 3.05) is 6.54 Å². The van der Waals surface area contributed by atoms with E-state index in [-0.39, 0.29) is 5.75 Å². The summed E-state index contributed by atoms with van der Waals surface area (Å²) in [6.07, 6.45) is 4.86. The van der Waals surface area contributed by atoms with Crippen LogP contribution in [0.3, 0.4) is 0 Å². The van der Waals surface area contributed by atoms with Crippen LogP contribution in [0.15, 0.2) is 48.4 Å². The number of ether oxygens (including phenoxy) is 1. The van der Waals surface area contributed by atoms with E-state index in [1.54, 1.807) is 30.4 Å². The number of benzene rings is 1. The van der Waals surface area contributed by atoms with E-state index in [0.29, 0.717) is 18.1 Å². The Kier molecular flexibility index (Phi) is 3.00. The molecule has 1 heterocycles. The van der Waals surface area contributed by atoms with Crippen molar-refractivity contribution in [3.63, 3.8) is 0 Å². The molecule has 1 aliphatic heterocycles. The lowest BCUT2D eigenvalue weighted by Crippen LogP contribution is -2.32. The van der Waals surface area contributed by atoms with Crippen molar-refractivity contribution in [3.05, 3.63) is 48.4 Å². The number of aromatic hydroxyl groups is 1. The summed E-state index contributed by atoms with van der Waals surface area (Å²) < 4.78 is 5.46. The summed E-state index contributed by atoms with van der Waals surface area (Å²) in [6.45, 7) is 0.356. The van der Waals surface area contributed by atoms with E-state index in [1.165, 1.54) is 17.2 Å². The molecule has 0 saturated carbocycles. The van der Waals surface area contributed by atoms with Crippen molar-refractivity contribution in [1.29, 1.82) is 0 Å². The number of hydrogen-bond donors (Lipinski definition) is 2. The van der Waals surface area contributed by atoms with Crippen molar-refractivity contribution in [1.82, 2.24) is 4.90 Å². The minimum absolute atomic E-state index is 0.0686. The SMILES string of the molecule is NC(=O)N1C=CC(Oc2ccccc2O)=CC1. The maximum Gasteiger partial charge on any atom is 0.319 e. The number of carbonyl (C=O) groups excluding carboxylic acids is 1. The fraction of sp³-hybridized carbons (Fsp3) is 0.0833. The average Bonchev–Trinajstić information content (AvgIpc) is 2.33. The van der Waals surface area contributed by atoms with E-state index >= 15 is 0 Å². The molecule has 1 aliphatic rings. The lowest BCUT2D eigenvalue weighted by molar-refractivity contribution is 0.227. The van der Waals surface area contributed by atoms with Gasteiger partial charge in [0.05, 0.1) is 0 Å². The maximum atomic E-state index is 10.9. The molecule has 2 rings (SSSR count). The van der Waals surface area contributed by atoms with E-state index in [4.69, 9.17) is 10.5 Å². The topological polar surface area (TPSA) is 75.8 Å². The molecule has 0 radical (unpaired) electrons. The van der Waals surface area contributed by atoms with Crippen LogP contribution in [0.2, 0.25) is 0 Å². The molecule has 88 valence electrons. The number of phenols is 1. The van der Waals surface area contributed by atoms with Crippen molar-refractivity contribution in [2.45, 2.75) is 0 Å². The van der Waals surface area contributed by atoms with Crippen molar-refractivity contribution in [3.8, 4) is 11.5 Å². The molecule has 0 aromatic heterocycles. The van der Waals surface area contributed by atoms with Crippen molar-refractivity contribution >= 4 is 6.03 Å². The highest BCUT2D eigenvalue weighted by molar-refractivity contribution is 5.73. The number of urea groups is 1. The minimum Gasteiger partial charge on any atom is -0.504 e. The summed E-state index contributed by atoms with van der Waals surface area (Å²) in [5.41, 5.74) is 5.11. The number of carbonyl (C=O) groups is 1. The third kappa shape index (κ3) is 2.57. The van der Waals surface area contributed by atoms with Gasteiger partial charge < -0.3 is 15.6 Å². The lowest BCUT2D eigenvalue weighted by Gasteiger charge is -2.18. The Bertz CT molecular complexity index is 494. The fourth-order valence-electron chi connectivity index (χ4n) is 1.39. The number of primary amides is 1. The molecule has 0 fully saturated rings. The Morgan fingerprint density at radius 3 is 2.76 bits per heavy atom. The summed E-state index contributed by atoms with van der Waals surface area (Å²) in [5.74, 6) is 0.999.